The van der Waals surface area contributed by atoms with Crippen LogP contribution in [-0.2, 0) is 6.42 Å². The van der Waals surface area contributed by atoms with E-state index in [0.717, 1.165) is 0 Å². The quantitative estimate of drug-likeness (QED) is 0.419. The van der Waals surface area contributed by atoms with Crippen molar-refractivity contribution in [3.63, 3.8) is 0 Å². The average molecular weight is 141 g/mol. The molecule has 0 aliphatic rings. The Morgan fingerprint density at radius 2 is 2.56 bits per heavy atom. The highest BCUT2D eigenvalue weighted by Crippen LogP contribution is 2.04. The molecule has 9 heavy (non-hydrogen) atoms. The van der Waals surface area contributed by atoms with Gasteiger partial charge in [0.05, 0.1) is 6.42 Å². The summed E-state index contributed by atoms with van der Waals surface area (Å²) < 4.78 is 0. The first-order valence-corrected chi connectivity index (χ1v) is 3.61. The molecule has 0 saturated carbocycles. The first-order valence-electron chi connectivity index (χ1n) is 2.67. The lowest BCUT2D eigenvalue weighted by molar-refractivity contribution is -0.117. The van der Waals surface area contributed by atoms with Gasteiger partial charge < -0.3 is 0 Å². The maximum absolute atomic E-state index is 5.28. The summed E-state index contributed by atoms with van der Waals surface area (Å²) in [6, 6.07) is 2.02. The van der Waals surface area contributed by atoms with E-state index >= 15 is 0 Å². The summed E-state index contributed by atoms with van der Waals surface area (Å²) in [5.41, 5.74) is 6.48. The SMILES string of the molecule is NC(=[NH2+])Cc1ccsc1. The van der Waals surface area contributed by atoms with Gasteiger partial charge in [0.1, 0.15) is 0 Å². The zero-order valence-electron chi connectivity index (χ0n) is 5.00. The molecule has 0 spiro atoms. The van der Waals surface area contributed by atoms with E-state index in [0.29, 0.717) is 12.3 Å². The maximum Gasteiger partial charge on any atom is 0.242 e. The largest absolute Gasteiger partial charge is 0.291 e. The molecular formula is C6H9N2S+. The molecule has 1 aromatic heterocycles. The summed E-state index contributed by atoms with van der Waals surface area (Å²) in [6.07, 6.45) is 0.698. The molecule has 0 unspecified atom stereocenters. The summed E-state index contributed by atoms with van der Waals surface area (Å²) in [6.45, 7) is 0. The zero-order chi connectivity index (χ0) is 6.69. The fourth-order valence-corrected chi connectivity index (χ4v) is 1.30. The Bertz CT molecular complexity index is 191. The van der Waals surface area contributed by atoms with E-state index in [1.807, 2.05) is 16.8 Å². The van der Waals surface area contributed by atoms with Crippen LogP contribution < -0.4 is 11.1 Å². The van der Waals surface area contributed by atoms with Gasteiger partial charge in [-0.3, -0.25) is 11.1 Å². The van der Waals surface area contributed by atoms with E-state index in [1.54, 1.807) is 11.3 Å². The summed E-state index contributed by atoms with van der Waals surface area (Å²) in [5, 5.41) is 9.34. The van der Waals surface area contributed by atoms with Crippen molar-refractivity contribution in [3.8, 4) is 0 Å². The zero-order valence-corrected chi connectivity index (χ0v) is 5.82. The van der Waals surface area contributed by atoms with Gasteiger partial charge in [-0.15, -0.1) is 0 Å². The van der Waals surface area contributed by atoms with Gasteiger partial charge in [-0.1, -0.05) is 0 Å². The normalized spacial score (nSPS) is 9.33. The molecule has 0 bridgehead atoms. The molecule has 0 radical (unpaired) electrons. The molecule has 0 amide bonds. The van der Waals surface area contributed by atoms with E-state index in [9.17, 15) is 0 Å². The second-order valence-electron chi connectivity index (χ2n) is 1.88. The van der Waals surface area contributed by atoms with Crippen molar-refractivity contribution in [2.24, 2.45) is 5.73 Å². The van der Waals surface area contributed by atoms with Crippen molar-refractivity contribution in [2.75, 3.05) is 0 Å². The van der Waals surface area contributed by atoms with Crippen LogP contribution in [0.1, 0.15) is 5.56 Å². The van der Waals surface area contributed by atoms with Crippen LogP contribution in [0.15, 0.2) is 16.8 Å². The summed E-state index contributed by atoms with van der Waals surface area (Å²) in [4.78, 5) is 0. The van der Waals surface area contributed by atoms with Crippen molar-refractivity contribution in [3.05, 3.63) is 22.4 Å². The highest BCUT2D eigenvalue weighted by Gasteiger charge is 1.97. The minimum Gasteiger partial charge on any atom is -0.291 e. The van der Waals surface area contributed by atoms with Crippen molar-refractivity contribution < 1.29 is 5.41 Å². The number of nitrogens with two attached hydrogens (primary N) is 2. The molecule has 3 heteroatoms. The molecule has 2 nitrogen and oxygen atoms in total. The highest BCUT2D eigenvalue weighted by atomic mass is 32.1. The third-order valence-electron chi connectivity index (χ3n) is 0.988. The molecule has 1 rings (SSSR count). The smallest absolute Gasteiger partial charge is 0.242 e. The Morgan fingerprint density at radius 1 is 1.78 bits per heavy atom. The summed E-state index contributed by atoms with van der Waals surface area (Å²) >= 11 is 1.66. The molecular weight excluding hydrogens is 132 g/mol. The van der Waals surface area contributed by atoms with E-state index < -0.39 is 0 Å². The van der Waals surface area contributed by atoms with Gasteiger partial charge in [0.15, 0.2) is 0 Å². The van der Waals surface area contributed by atoms with Gasteiger partial charge in [0.2, 0.25) is 5.84 Å². The van der Waals surface area contributed by atoms with E-state index in [4.69, 9.17) is 11.1 Å². The lowest BCUT2D eigenvalue weighted by atomic mass is 10.2. The minimum absolute atomic E-state index is 0.480. The van der Waals surface area contributed by atoms with Crippen molar-refractivity contribution in [1.82, 2.24) is 0 Å². The second-order valence-corrected chi connectivity index (χ2v) is 2.66. The van der Waals surface area contributed by atoms with E-state index in [2.05, 4.69) is 0 Å². The van der Waals surface area contributed by atoms with Gasteiger partial charge in [-0.25, -0.2) is 0 Å². The minimum atomic E-state index is 0.480. The van der Waals surface area contributed by atoms with Gasteiger partial charge >= 0.3 is 0 Å². The maximum atomic E-state index is 5.28. The molecule has 1 aromatic rings. The topological polar surface area (TPSA) is 51.6 Å². The van der Waals surface area contributed by atoms with Crippen LogP contribution in [0.3, 0.4) is 0 Å². The van der Waals surface area contributed by atoms with Crippen LogP contribution in [0.25, 0.3) is 0 Å². The fourth-order valence-electron chi connectivity index (χ4n) is 0.629. The Kier molecular flexibility index (Phi) is 1.85. The lowest BCUT2D eigenvalue weighted by Crippen LogP contribution is -2.46. The molecule has 4 N–H and O–H groups in total. The Labute approximate surface area is 57.8 Å². The predicted molar refractivity (Wildman–Crippen MR) is 39.1 cm³/mol. The fraction of sp³-hybridized carbons (Fsp3) is 0.167. The van der Waals surface area contributed by atoms with Crippen LogP contribution in [0.5, 0.6) is 0 Å². The van der Waals surface area contributed by atoms with Crippen LogP contribution in [0, 0.1) is 0 Å². The Hall–Kier alpha value is -0.830. The van der Waals surface area contributed by atoms with Crippen LogP contribution >= 0.6 is 11.3 Å². The predicted octanol–water partition coefficient (Wildman–Crippen LogP) is -0.593. The van der Waals surface area contributed by atoms with Crippen molar-refractivity contribution in [2.45, 2.75) is 6.42 Å². The second kappa shape index (κ2) is 2.64. The standard InChI is InChI=1S/C6H8N2S/c7-6(8)3-5-1-2-9-4-5/h1-2,4H,3H2,(H3,7,8)/p+1. The molecule has 0 aliphatic carbocycles. The number of hydrogen-bond donors (Lipinski definition) is 2. The molecule has 0 aromatic carbocycles. The van der Waals surface area contributed by atoms with E-state index in [-0.39, 0.29) is 0 Å². The van der Waals surface area contributed by atoms with Crippen LogP contribution in [-0.4, -0.2) is 5.84 Å². The lowest BCUT2D eigenvalue weighted by Gasteiger charge is -1.85. The first kappa shape index (κ1) is 6.29. The Morgan fingerprint density at radius 3 is 3.00 bits per heavy atom. The number of rotatable bonds is 2. The monoisotopic (exact) mass is 141 g/mol. The molecule has 0 fully saturated rings. The van der Waals surface area contributed by atoms with Gasteiger partial charge in [0, 0.05) is 0 Å². The Balaban J connectivity index is 2.58. The van der Waals surface area contributed by atoms with Gasteiger partial charge in [-0.05, 0) is 22.4 Å². The van der Waals surface area contributed by atoms with Gasteiger partial charge in [0.25, 0.3) is 0 Å². The third-order valence-corrected chi connectivity index (χ3v) is 1.72. The molecule has 1 heterocycles. The summed E-state index contributed by atoms with van der Waals surface area (Å²) in [7, 11) is 0. The van der Waals surface area contributed by atoms with E-state index in [1.165, 1.54) is 5.56 Å². The molecule has 48 valence electrons. The van der Waals surface area contributed by atoms with Crippen molar-refractivity contribution in [1.29, 1.82) is 0 Å². The van der Waals surface area contributed by atoms with Crippen molar-refractivity contribution >= 4 is 17.2 Å². The number of amidine groups is 1. The molecule has 0 aliphatic heterocycles. The van der Waals surface area contributed by atoms with Crippen LogP contribution in [0.2, 0.25) is 0 Å². The molecule has 0 saturated heterocycles. The number of thiophene rings is 1. The first-order chi connectivity index (χ1) is 4.29. The summed E-state index contributed by atoms with van der Waals surface area (Å²) in [5.74, 6) is 0.480. The number of hydrogen-bond acceptors (Lipinski definition) is 1. The van der Waals surface area contributed by atoms with Gasteiger partial charge in [-0.2, -0.15) is 11.3 Å². The highest BCUT2D eigenvalue weighted by molar-refractivity contribution is 7.07. The van der Waals surface area contributed by atoms with Crippen LogP contribution in [0.4, 0.5) is 0 Å². The average Bonchev–Trinajstić information content (AvgIpc) is 2.15. The molecule has 0 atom stereocenters. The third kappa shape index (κ3) is 1.85.